The van der Waals surface area contributed by atoms with E-state index in [2.05, 4.69) is 0 Å². The van der Waals surface area contributed by atoms with Crippen molar-refractivity contribution in [3.63, 3.8) is 0 Å². The molecule has 0 N–H and O–H groups in total. The molecule has 3 aromatic rings. The van der Waals surface area contributed by atoms with Gasteiger partial charge in [-0.25, -0.2) is 8.42 Å². The molecule has 0 aliphatic rings. The molecule has 1 unspecified atom stereocenters. The molecular weight excluding hydrogens is 346 g/mol. The number of benzene rings is 2. The monoisotopic (exact) mass is 359 g/mol. The Kier molecular flexibility index (Phi) is 4.55. The summed E-state index contributed by atoms with van der Waals surface area (Å²) in [6, 6.07) is 19.7. The van der Waals surface area contributed by atoms with Crippen molar-refractivity contribution in [1.82, 2.24) is 0 Å². The highest BCUT2D eigenvalue weighted by atomic mass is 35.5. The van der Waals surface area contributed by atoms with Gasteiger partial charge in [-0.05, 0) is 29.3 Å². The Morgan fingerprint density at radius 2 is 1.42 bits per heavy atom. The molecule has 3 rings (SSSR count). The summed E-state index contributed by atoms with van der Waals surface area (Å²) in [5, 5.41) is 11.2. The zero-order chi connectivity index (χ0) is 17.2. The van der Waals surface area contributed by atoms with Crippen LogP contribution in [0.3, 0.4) is 0 Å². The first kappa shape index (κ1) is 16.5. The zero-order valence-corrected chi connectivity index (χ0v) is 14.1. The number of pyridine rings is 1. The van der Waals surface area contributed by atoms with E-state index in [1.165, 1.54) is 24.4 Å². The van der Waals surface area contributed by atoms with Crippen LogP contribution in [0, 0.1) is 5.21 Å². The Morgan fingerprint density at radius 1 is 0.833 bits per heavy atom. The Bertz CT molecular complexity index is 942. The Balaban J connectivity index is 2.22. The van der Waals surface area contributed by atoms with E-state index in [0.717, 1.165) is 0 Å². The van der Waals surface area contributed by atoms with Crippen molar-refractivity contribution >= 4 is 21.4 Å². The van der Waals surface area contributed by atoms with Crippen molar-refractivity contribution in [2.75, 3.05) is 0 Å². The quantitative estimate of drug-likeness (QED) is 0.528. The minimum absolute atomic E-state index is 0.284. The maximum absolute atomic E-state index is 13.2. The molecule has 6 heteroatoms. The molecule has 0 saturated carbocycles. The van der Waals surface area contributed by atoms with E-state index in [4.69, 9.17) is 11.6 Å². The van der Waals surface area contributed by atoms with Gasteiger partial charge in [0.15, 0.2) is 6.20 Å². The van der Waals surface area contributed by atoms with E-state index in [1.807, 2.05) is 6.07 Å². The van der Waals surface area contributed by atoms with Gasteiger partial charge in [0.05, 0.1) is 0 Å². The second-order valence-electron chi connectivity index (χ2n) is 5.25. The lowest BCUT2D eigenvalue weighted by molar-refractivity contribution is -0.646. The van der Waals surface area contributed by atoms with Gasteiger partial charge in [0, 0.05) is 17.2 Å². The summed E-state index contributed by atoms with van der Waals surface area (Å²) in [6.07, 6.45) is 1.18. The van der Waals surface area contributed by atoms with Crippen molar-refractivity contribution in [2.45, 2.75) is 10.3 Å². The third-order valence-corrected chi connectivity index (χ3v) is 5.98. The number of rotatable bonds is 4. The van der Waals surface area contributed by atoms with Crippen molar-refractivity contribution in [2.24, 2.45) is 0 Å². The Morgan fingerprint density at radius 3 is 2.04 bits per heavy atom. The molecule has 122 valence electrons. The number of hydrogen-bond donors (Lipinski definition) is 0. The van der Waals surface area contributed by atoms with Crippen LogP contribution in [0.4, 0.5) is 0 Å². The molecule has 1 aromatic heterocycles. The van der Waals surface area contributed by atoms with E-state index >= 15 is 0 Å². The van der Waals surface area contributed by atoms with Crippen LogP contribution in [0.5, 0.6) is 0 Å². The Labute approximate surface area is 145 Å². The van der Waals surface area contributed by atoms with E-state index in [0.29, 0.717) is 20.9 Å². The van der Waals surface area contributed by atoms with Gasteiger partial charge in [-0.3, -0.25) is 0 Å². The molecule has 0 bridgehead atoms. The average Bonchev–Trinajstić information content (AvgIpc) is 2.58. The highest BCUT2D eigenvalue weighted by Crippen LogP contribution is 2.34. The van der Waals surface area contributed by atoms with Gasteiger partial charge < -0.3 is 5.21 Å². The van der Waals surface area contributed by atoms with Gasteiger partial charge in [0.1, 0.15) is 5.25 Å². The van der Waals surface area contributed by atoms with Crippen molar-refractivity contribution < 1.29 is 13.1 Å². The molecular formula is C18H14ClNO3S. The first-order valence-corrected chi connectivity index (χ1v) is 9.15. The molecule has 0 amide bonds. The van der Waals surface area contributed by atoms with Gasteiger partial charge in [0.2, 0.25) is 9.84 Å². The van der Waals surface area contributed by atoms with Crippen LogP contribution in [0.2, 0.25) is 5.02 Å². The number of aromatic nitrogens is 1. The lowest BCUT2D eigenvalue weighted by Gasteiger charge is -2.18. The van der Waals surface area contributed by atoms with Gasteiger partial charge in [-0.2, -0.15) is 4.73 Å². The van der Waals surface area contributed by atoms with Crippen LogP contribution < -0.4 is 4.73 Å². The largest absolute Gasteiger partial charge is 0.618 e. The van der Waals surface area contributed by atoms with Gasteiger partial charge in [0.25, 0.3) is 0 Å². The summed E-state index contributed by atoms with van der Waals surface area (Å²) in [4.78, 5) is 0. The minimum Gasteiger partial charge on any atom is -0.618 e. The second-order valence-corrected chi connectivity index (χ2v) is 7.67. The lowest BCUT2D eigenvalue weighted by atomic mass is 10.0. The summed E-state index contributed by atoms with van der Waals surface area (Å²) in [6.45, 7) is 0. The third-order valence-electron chi connectivity index (χ3n) is 3.67. The molecule has 24 heavy (non-hydrogen) atoms. The topological polar surface area (TPSA) is 61.1 Å². The van der Waals surface area contributed by atoms with Crippen LogP contribution in [-0.2, 0) is 9.84 Å². The number of nitrogens with zero attached hydrogens (tertiary/aromatic N) is 1. The normalized spacial score (nSPS) is 12.7. The zero-order valence-electron chi connectivity index (χ0n) is 12.5. The highest BCUT2D eigenvalue weighted by molar-refractivity contribution is 7.91. The minimum atomic E-state index is -3.94. The standard InChI is InChI=1S/C18H14ClNO3S/c19-16-11-9-15(10-12-16)18(14-6-2-1-3-7-14)24(22,23)17-8-4-5-13-20(17)21/h1-13,18H. The lowest BCUT2D eigenvalue weighted by Crippen LogP contribution is -2.35. The summed E-state index contributed by atoms with van der Waals surface area (Å²) in [7, 11) is -3.94. The highest BCUT2D eigenvalue weighted by Gasteiger charge is 2.36. The summed E-state index contributed by atoms with van der Waals surface area (Å²) in [5.74, 6) is 0. The fourth-order valence-electron chi connectivity index (χ4n) is 2.57. The molecule has 4 nitrogen and oxygen atoms in total. The molecule has 0 aliphatic carbocycles. The third kappa shape index (κ3) is 3.13. The smallest absolute Gasteiger partial charge is 0.309 e. The van der Waals surface area contributed by atoms with Crippen LogP contribution >= 0.6 is 11.6 Å². The van der Waals surface area contributed by atoms with Crippen LogP contribution in [0.25, 0.3) is 0 Å². The first-order chi connectivity index (χ1) is 11.5. The molecule has 0 aliphatic heterocycles. The predicted octanol–water partition coefficient (Wildman–Crippen LogP) is 3.54. The van der Waals surface area contributed by atoms with Gasteiger partial charge >= 0.3 is 5.03 Å². The summed E-state index contributed by atoms with van der Waals surface area (Å²) < 4.78 is 26.7. The SMILES string of the molecule is O=S(=O)(c1cccc[n+]1[O-])C(c1ccccc1)c1ccc(Cl)cc1. The molecule has 0 saturated heterocycles. The van der Waals surface area contributed by atoms with E-state index in [-0.39, 0.29) is 5.03 Å². The van der Waals surface area contributed by atoms with Crippen LogP contribution in [0.15, 0.2) is 84.0 Å². The number of halogens is 1. The Hall–Kier alpha value is -2.37. The van der Waals surface area contributed by atoms with Crippen molar-refractivity contribution in [3.05, 3.63) is 100 Å². The van der Waals surface area contributed by atoms with E-state index in [1.54, 1.807) is 48.5 Å². The molecule has 0 radical (unpaired) electrons. The van der Waals surface area contributed by atoms with Crippen molar-refractivity contribution in [1.29, 1.82) is 0 Å². The fourth-order valence-corrected chi connectivity index (χ4v) is 4.55. The van der Waals surface area contributed by atoms with Crippen molar-refractivity contribution in [3.8, 4) is 0 Å². The maximum atomic E-state index is 13.2. The molecule has 1 atom stereocenters. The molecule has 2 aromatic carbocycles. The van der Waals surface area contributed by atoms with Crippen LogP contribution in [0.1, 0.15) is 16.4 Å². The predicted molar refractivity (Wildman–Crippen MR) is 92.3 cm³/mol. The van der Waals surface area contributed by atoms with Crippen LogP contribution in [-0.4, -0.2) is 8.42 Å². The molecule has 0 spiro atoms. The summed E-state index contributed by atoms with van der Waals surface area (Å²) in [5.41, 5.74) is 1.14. The second kappa shape index (κ2) is 6.63. The fraction of sp³-hybridized carbons (Fsp3) is 0.0556. The van der Waals surface area contributed by atoms with E-state index in [9.17, 15) is 13.6 Å². The molecule has 0 fully saturated rings. The van der Waals surface area contributed by atoms with E-state index < -0.39 is 15.1 Å². The first-order valence-electron chi connectivity index (χ1n) is 7.22. The number of sulfone groups is 1. The summed E-state index contributed by atoms with van der Waals surface area (Å²) >= 11 is 5.92. The maximum Gasteiger partial charge on any atom is 0.309 e. The molecule has 1 heterocycles. The average molecular weight is 360 g/mol. The number of hydrogen-bond acceptors (Lipinski definition) is 3. The van der Waals surface area contributed by atoms with Gasteiger partial charge in [-0.15, -0.1) is 0 Å². The van der Waals surface area contributed by atoms with Gasteiger partial charge in [-0.1, -0.05) is 54.1 Å².